The zero-order chi connectivity index (χ0) is 19.2. The second-order valence-corrected chi connectivity index (χ2v) is 6.51. The van der Waals surface area contributed by atoms with Gasteiger partial charge in [-0.05, 0) is 32.5 Å². The molecule has 2 heterocycles. The molecule has 7 nitrogen and oxygen atoms in total. The monoisotopic (exact) mass is 369 g/mol. The molecule has 144 valence electrons. The Balaban J connectivity index is 1.81. The molecule has 0 amide bonds. The molecule has 2 aromatic rings. The standard InChI is InChI=1S/C20H27N5O2/c1-4-24-10-12-25(13-11-24)20-21-15(3)14-18(23-20)22-17-9-7-6-8-16(17)19(26)27-5-2/h6-9,14H,4-5,10-13H2,1-3H3,(H,21,22,23). The Morgan fingerprint density at radius 2 is 1.89 bits per heavy atom. The predicted octanol–water partition coefficient (Wildman–Crippen LogP) is 2.85. The minimum Gasteiger partial charge on any atom is -0.462 e. The number of hydrogen-bond acceptors (Lipinski definition) is 7. The van der Waals surface area contributed by atoms with Crippen LogP contribution in [-0.2, 0) is 4.74 Å². The number of nitrogens with zero attached hydrogens (tertiary/aromatic N) is 4. The van der Waals surface area contributed by atoms with Gasteiger partial charge in [0.1, 0.15) is 5.82 Å². The van der Waals surface area contributed by atoms with E-state index in [1.807, 2.05) is 31.2 Å². The number of ether oxygens (including phenoxy) is 1. The van der Waals surface area contributed by atoms with Crippen molar-refractivity contribution in [2.45, 2.75) is 20.8 Å². The van der Waals surface area contributed by atoms with Gasteiger partial charge in [0.05, 0.1) is 17.9 Å². The highest BCUT2D eigenvalue weighted by Gasteiger charge is 2.19. The van der Waals surface area contributed by atoms with Gasteiger partial charge in [0.2, 0.25) is 5.95 Å². The number of aryl methyl sites for hydroxylation is 1. The molecule has 1 fully saturated rings. The van der Waals surface area contributed by atoms with Crippen LogP contribution in [0, 0.1) is 6.92 Å². The van der Waals surface area contributed by atoms with Crippen molar-refractivity contribution in [1.29, 1.82) is 0 Å². The summed E-state index contributed by atoms with van der Waals surface area (Å²) in [6, 6.07) is 9.18. The quantitative estimate of drug-likeness (QED) is 0.785. The van der Waals surface area contributed by atoms with Crippen molar-refractivity contribution in [2.24, 2.45) is 0 Å². The summed E-state index contributed by atoms with van der Waals surface area (Å²) in [6.45, 7) is 11.2. The lowest BCUT2D eigenvalue weighted by molar-refractivity contribution is 0.0527. The van der Waals surface area contributed by atoms with Gasteiger partial charge in [-0.15, -0.1) is 0 Å². The number of piperazine rings is 1. The first kappa shape index (κ1) is 19.1. The second kappa shape index (κ2) is 8.81. The number of benzene rings is 1. The number of hydrogen-bond donors (Lipinski definition) is 1. The number of carbonyl (C=O) groups is 1. The van der Waals surface area contributed by atoms with Crippen LogP contribution in [0.5, 0.6) is 0 Å². The molecule has 0 bridgehead atoms. The maximum absolute atomic E-state index is 12.2. The first-order valence-electron chi connectivity index (χ1n) is 9.47. The fraction of sp³-hybridized carbons (Fsp3) is 0.450. The van der Waals surface area contributed by atoms with E-state index in [-0.39, 0.29) is 5.97 Å². The molecule has 27 heavy (non-hydrogen) atoms. The number of rotatable bonds is 6. The van der Waals surface area contributed by atoms with Gasteiger partial charge < -0.3 is 19.9 Å². The molecule has 1 saturated heterocycles. The van der Waals surface area contributed by atoms with Crippen LogP contribution in [0.4, 0.5) is 17.5 Å². The number of para-hydroxylation sites is 1. The third kappa shape index (κ3) is 4.74. The predicted molar refractivity (Wildman–Crippen MR) is 107 cm³/mol. The van der Waals surface area contributed by atoms with E-state index >= 15 is 0 Å². The van der Waals surface area contributed by atoms with E-state index < -0.39 is 0 Å². The highest BCUT2D eigenvalue weighted by molar-refractivity contribution is 5.96. The van der Waals surface area contributed by atoms with Crippen LogP contribution in [0.25, 0.3) is 0 Å². The molecular formula is C20H27N5O2. The number of aromatic nitrogens is 2. The molecule has 0 radical (unpaired) electrons. The number of carbonyl (C=O) groups excluding carboxylic acids is 1. The summed E-state index contributed by atoms with van der Waals surface area (Å²) in [6.07, 6.45) is 0. The first-order chi connectivity index (χ1) is 13.1. The molecule has 1 aromatic carbocycles. The molecule has 7 heteroatoms. The second-order valence-electron chi connectivity index (χ2n) is 6.51. The van der Waals surface area contributed by atoms with Crippen molar-refractivity contribution in [1.82, 2.24) is 14.9 Å². The van der Waals surface area contributed by atoms with E-state index in [4.69, 9.17) is 4.74 Å². The minimum atomic E-state index is -0.345. The van der Waals surface area contributed by atoms with Crippen molar-refractivity contribution in [3.05, 3.63) is 41.6 Å². The minimum absolute atomic E-state index is 0.341. The molecule has 1 aliphatic rings. The lowest BCUT2D eigenvalue weighted by atomic mass is 10.2. The van der Waals surface area contributed by atoms with Crippen molar-refractivity contribution in [3.8, 4) is 0 Å². The van der Waals surface area contributed by atoms with E-state index in [2.05, 4.69) is 32.0 Å². The Hall–Kier alpha value is -2.67. The van der Waals surface area contributed by atoms with Gasteiger partial charge in [0.15, 0.2) is 0 Å². The van der Waals surface area contributed by atoms with E-state index in [9.17, 15) is 4.79 Å². The summed E-state index contributed by atoms with van der Waals surface area (Å²) in [4.78, 5) is 26.1. The molecule has 1 aliphatic heterocycles. The summed E-state index contributed by atoms with van der Waals surface area (Å²) >= 11 is 0. The molecular weight excluding hydrogens is 342 g/mol. The fourth-order valence-corrected chi connectivity index (χ4v) is 3.14. The highest BCUT2D eigenvalue weighted by atomic mass is 16.5. The van der Waals surface area contributed by atoms with Crippen LogP contribution in [-0.4, -0.2) is 60.2 Å². The van der Waals surface area contributed by atoms with Gasteiger partial charge in [0, 0.05) is 37.9 Å². The molecule has 1 aromatic heterocycles. The van der Waals surface area contributed by atoms with E-state index in [1.165, 1.54) is 0 Å². The van der Waals surface area contributed by atoms with Crippen molar-refractivity contribution >= 4 is 23.4 Å². The van der Waals surface area contributed by atoms with Crippen LogP contribution in [0.1, 0.15) is 29.9 Å². The molecule has 0 atom stereocenters. The van der Waals surface area contributed by atoms with Crippen LogP contribution >= 0.6 is 0 Å². The number of nitrogens with one attached hydrogen (secondary N) is 1. The molecule has 3 rings (SSSR count). The largest absolute Gasteiger partial charge is 0.462 e. The average Bonchev–Trinajstić information content (AvgIpc) is 2.68. The van der Waals surface area contributed by atoms with Crippen molar-refractivity contribution in [3.63, 3.8) is 0 Å². The molecule has 1 N–H and O–H groups in total. The van der Waals surface area contributed by atoms with Gasteiger partial charge in [-0.25, -0.2) is 9.78 Å². The molecule has 0 aliphatic carbocycles. The molecule has 0 unspecified atom stereocenters. The Labute approximate surface area is 160 Å². The Kier molecular flexibility index (Phi) is 6.24. The third-order valence-electron chi connectivity index (χ3n) is 4.63. The average molecular weight is 369 g/mol. The van der Waals surface area contributed by atoms with Crippen LogP contribution in [0.15, 0.2) is 30.3 Å². The van der Waals surface area contributed by atoms with Crippen LogP contribution < -0.4 is 10.2 Å². The zero-order valence-corrected chi connectivity index (χ0v) is 16.2. The Bertz CT molecular complexity index is 788. The summed E-state index contributed by atoms with van der Waals surface area (Å²) in [5.74, 6) is 1.05. The molecule has 0 spiro atoms. The lowest BCUT2D eigenvalue weighted by Crippen LogP contribution is -2.46. The van der Waals surface area contributed by atoms with Crippen molar-refractivity contribution in [2.75, 3.05) is 49.5 Å². The fourth-order valence-electron chi connectivity index (χ4n) is 3.14. The van der Waals surface area contributed by atoms with Crippen molar-refractivity contribution < 1.29 is 9.53 Å². The normalized spacial score (nSPS) is 14.9. The van der Waals surface area contributed by atoms with E-state index in [1.54, 1.807) is 13.0 Å². The number of likely N-dealkylation sites (N-methyl/N-ethyl adjacent to an activating group) is 1. The topological polar surface area (TPSA) is 70.6 Å². The van der Waals surface area contributed by atoms with Gasteiger partial charge >= 0.3 is 5.97 Å². The van der Waals surface area contributed by atoms with E-state index in [0.29, 0.717) is 23.7 Å². The summed E-state index contributed by atoms with van der Waals surface area (Å²) in [5, 5.41) is 3.26. The van der Waals surface area contributed by atoms with Gasteiger partial charge in [0.25, 0.3) is 0 Å². The Morgan fingerprint density at radius 1 is 1.15 bits per heavy atom. The lowest BCUT2D eigenvalue weighted by Gasteiger charge is -2.34. The van der Waals surface area contributed by atoms with Crippen LogP contribution in [0.3, 0.4) is 0 Å². The maximum Gasteiger partial charge on any atom is 0.340 e. The maximum atomic E-state index is 12.2. The van der Waals surface area contributed by atoms with Gasteiger partial charge in [-0.1, -0.05) is 19.1 Å². The Morgan fingerprint density at radius 3 is 2.59 bits per heavy atom. The number of anilines is 3. The smallest absolute Gasteiger partial charge is 0.340 e. The van der Waals surface area contributed by atoms with Crippen LogP contribution in [0.2, 0.25) is 0 Å². The summed E-state index contributed by atoms with van der Waals surface area (Å²) in [5.41, 5.74) is 2.05. The third-order valence-corrected chi connectivity index (χ3v) is 4.63. The zero-order valence-electron chi connectivity index (χ0n) is 16.2. The van der Waals surface area contributed by atoms with Gasteiger partial charge in [-0.2, -0.15) is 4.98 Å². The first-order valence-corrected chi connectivity index (χ1v) is 9.47. The van der Waals surface area contributed by atoms with Gasteiger partial charge in [-0.3, -0.25) is 0 Å². The summed E-state index contributed by atoms with van der Waals surface area (Å²) in [7, 11) is 0. The SMILES string of the molecule is CCOC(=O)c1ccccc1Nc1cc(C)nc(N2CCN(CC)CC2)n1. The summed E-state index contributed by atoms with van der Waals surface area (Å²) < 4.78 is 5.15. The molecule has 0 saturated carbocycles. The number of esters is 1. The van der Waals surface area contributed by atoms with E-state index in [0.717, 1.165) is 44.4 Å². The highest BCUT2D eigenvalue weighted by Crippen LogP contribution is 2.23.